The van der Waals surface area contributed by atoms with Crippen molar-refractivity contribution in [2.24, 2.45) is 0 Å². The molecule has 0 bridgehead atoms. The number of nitrogens with zero attached hydrogens (tertiary/aromatic N) is 1. The van der Waals surface area contributed by atoms with Crippen LogP contribution in [0, 0.1) is 0 Å². The van der Waals surface area contributed by atoms with Crippen LogP contribution in [0.1, 0.15) is 41.9 Å². The number of carboxylic acid groups (broad SMARTS) is 1. The van der Waals surface area contributed by atoms with Gasteiger partial charge in [0.1, 0.15) is 12.6 Å². The second-order valence-corrected chi connectivity index (χ2v) is 9.55. The van der Waals surface area contributed by atoms with E-state index in [9.17, 15) is 19.5 Å². The normalized spacial score (nSPS) is 12.7. The lowest BCUT2D eigenvalue weighted by Crippen LogP contribution is -2.49. The van der Waals surface area contributed by atoms with Gasteiger partial charge in [0.15, 0.2) is 0 Å². The number of benzene rings is 3. The largest absolute Gasteiger partial charge is 0.481 e. The summed E-state index contributed by atoms with van der Waals surface area (Å²) in [4.78, 5) is 39.3. The van der Waals surface area contributed by atoms with E-state index in [1.807, 2.05) is 66.7 Å². The van der Waals surface area contributed by atoms with Crippen molar-refractivity contribution in [3.63, 3.8) is 0 Å². The molecule has 1 atom stereocenters. The molecule has 0 heterocycles. The van der Waals surface area contributed by atoms with Gasteiger partial charge in [-0.05, 0) is 40.7 Å². The number of carboxylic acids is 1. The summed E-state index contributed by atoms with van der Waals surface area (Å²) in [5, 5.41) is 12.0. The third-order valence-corrected chi connectivity index (χ3v) is 6.90. The fourth-order valence-corrected chi connectivity index (χ4v) is 4.99. The molecule has 39 heavy (non-hydrogen) atoms. The first-order valence-electron chi connectivity index (χ1n) is 13.1. The molecule has 4 rings (SSSR count). The van der Waals surface area contributed by atoms with Crippen LogP contribution in [0.15, 0.2) is 78.9 Å². The Balaban J connectivity index is 1.45. The van der Waals surface area contributed by atoms with Gasteiger partial charge in [0.2, 0.25) is 5.91 Å². The van der Waals surface area contributed by atoms with E-state index < -0.39 is 18.1 Å². The lowest BCUT2D eigenvalue weighted by atomic mass is 9.98. The molecule has 0 radical (unpaired) electrons. The Morgan fingerprint density at radius 1 is 0.923 bits per heavy atom. The topological polar surface area (TPSA) is 105 Å². The number of ether oxygens (including phenoxy) is 2. The van der Waals surface area contributed by atoms with E-state index in [0.29, 0.717) is 19.4 Å². The molecule has 8 heteroatoms. The minimum atomic E-state index is -0.999. The first-order chi connectivity index (χ1) is 19.0. The van der Waals surface area contributed by atoms with Crippen molar-refractivity contribution in [2.45, 2.75) is 37.8 Å². The summed E-state index contributed by atoms with van der Waals surface area (Å²) in [5.41, 5.74) is 5.33. The maximum atomic E-state index is 13.6. The number of carbonyl (C=O) groups is 3. The molecule has 0 aliphatic heterocycles. The van der Waals surface area contributed by atoms with E-state index >= 15 is 0 Å². The minimum Gasteiger partial charge on any atom is -0.481 e. The third kappa shape index (κ3) is 7.23. The number of alkyl carbamates (subject to hydrolysis) is 1. The van der Waals surface area contributed by atoms with Crippen LogP contribution in [-0.4, -0.2) is 60.9 Å². The summed E-state index contributed by atoms with van der Waals surface area (Å²) >= 11 is 0. The molecule has 0 aromatic heterocycles. The summed E-state index contributed by atoms with van der Waals surface area (Å²) in [6.07, 6.45) is -0.0244. The zero-order chi connectivity index (χ0) is 27.6. The molecule has 0 fully saturated rings. The Labute approximate surface area is 228 Å². The lowest BCUT2D eigenvalue weighted by Gasteiger charge is -2.28. The highest BCUT2D eigenvalue weighted by molar-refractivity contribution is 5.86. The molecule has 1 aliphatic carbocycles. The average Bonchev–Trinajstić information content (AvgIpc) is 3.27. The van der Waals surface area contributed by atoms with Gasteiger partial charge in [0, 0.05) is 32.7 Å². The Kier molecular flexibility index (Phi) is 9.69. The molecule has 2 amide bonds. The minimum absolute atomic E-state index is 0.0240. The van der Waals surface area contributed by atoms with Gasteiger partial charge < -0.3 is 24.8 Å². The van der Waals surface area contributed by atoms with Crippen LogP contribution in [0.4, 0.5) is 4.79 Å². The van der Waals surface area contributed by atoms with E-state index in [1.54, 1.807) is 7.11 Å². The molecule has 0 saturated carbocycles. The summed E-state index contributed by atoms with van der Waals surface area (Å²) in [5.74, 6) is -1.46. The number of hydrogen-bond donors (Lipinski definition) is 2. The van der Waals surface area contributed by atoms with Crippen LogP contribution in [0.25, 0.3) is 11.1 Å². The number of nitrogens with one attached hydrogen (secondary N) is 1. The van der Waals surface area contributed by atoms with Gasteiger partial charge in [-0.15, -0.1) is 0 Å². The van der Waals surface area contributed by atoms with Crippen LogP contribution in [0.2, 0.25) is 0 Å². The molecule has 0 spiro atoms. The third-order valence-electron chi connectivity index (χ3n) is 6.90. The van der Waals surface area contributed by atoms with E-state index in [1.165, 1.54) is 4.90 Å². The van der Waals surface area contributed by atoms with E-state index in [-0.39, 0.29) is 37.9 Å². The number of rotatable bonds is 13. The zero-order valence-corrected chi connectivity index (χ0v) is 22.0. The molecule has 2 N–H and O–H groups in total. The summed E-state index contributed by atoms with van der Waals surface area (Å²) in [7, 11) is 1.57. The van der Waals surface area contributed by atoms with Gasteiger partial charge in [-0.2, -0.15) is 0 Å². The van der Waals surface area contributed by atoms with Crippen molar-refractivity contribution in [1.29, 1.82) is 0 Å². The second-order valence-electron chi connectivity index (χ2n) is 9.55. The summed E-state index contributed by atoms with van der Waals surface area (Å²) in [6.45, 7) is 0.811. The molecule has 1 unspecified atom stereocenters. The molecule has 204 valence electrons. The van der Waals surface area contributed by atoms with Crippen molar-refractivity contribution >= 4 is 18.0 Å². The number of carbonyl (C=O) groups excluding carboxylic acids is 2. The maximum absolute atomic E-state index is 13.6. The first kappa shape index (κ1) is 27.9. The van der Waals surface area contributed by atoms with Crippen LogP contribution in [0.3, 0.4) is 0 Å². The quantitative estimate of drug-likeness (QED) is 0.307. The smallest absolute Gasteiger partial charge is 0.407 e. The molecule has 0 saturated heterocycles. The van der Waals surface area contributed by atoms with Crippen molar-refractivity contribution in [2.75, 3.05) is 26.9 Å². The van der Waals surface area contributed by atoms with E-state index in [0.717, 1.165) is 27.8 Å². The van der Waals surface area contributed by atoms with Gasteiger partial charge in [-0.3, -0.25) is 9.59 Å². The van der Waals surface area contributed by atoms with Gasteiger partial charge in [0.25, 0.3) is 0 Å². The molecule has 3 aromatic carbocycles. The van der Waals surface area contributed by atoms with Crippen molar-refractivity contribution in [3.05, 3.63) is 95.6 Å². The number of aliphatic carboxylic acids is 1. The van der Waals surface area contributed by atoms with E-state index in [4.69, 9.17) is 9.47 Å². The summed E-state index contributed by atoms with van der Waals surface area (Å²) in [6, 6.07) is 24.6. The Bertz CT molecular complexity index is 1230. The fourth-order valence-electron chi connectivity index (χ4n) is 4.99. The standard InChI is InChI=1S/C31H34N2O6/c1-38-19-9-16-28(30(36)33(18-17-29(34)35)20-22-10-3-2-4-11-22)32-31(37)39-21-27-25-14-7-5-12-23(25)24-13-6-8-15-26(24)27/h2-8,10-15,27-28H,9,16-21H2,1H3,(H,32,37)(H,34,35). The highest BCUT2D eigenvalue weighted by atomic mass is 16.5. The fraction of sp³-hybridized carbons (Fsp3) is 0.323. The predicted molar refractivity (Wildman–Crippen MR) is 147 cm³/mol. The Morgan fingerprint density at radius 3 is 2.15 bits per heavy atom. The number of fused-ring (bicyclic) bond motifs is 3. The number of methoxy groups -OCH3 is 1. The van der Waals surface area contributed by atoms with Gasteiger partial charge in [-0.25, -0.2) is 4.79 Å². The van der Waals surface area contributed by atoms with Crippen LogP contribution >= 0.6 is 0 Å². The molecular weight excluding hydrogens is 496 g/mol. The van der Waals surface area contributed by atoms with Crippen molar-refractivity contribution < 1.29 is 29.0 Å². The van der Waals surface area contributed by atoms with Gasteiger partial charge >= 0.3 is 12.1 Å². The number of amides is 2. The summed E-state index contributed by atoms with van der Waals surface area (Å²) < 4.78 is 10.8. The number of hydrogen-bond acceptors (Lipinski definition) is 5. The molecule has 1 aliphatic rings. The van der Waals surface area contributed by atoms with Gasteiger partial charge in [0.05, 0.1) is 6.42 Å². The van der Waals surface area contributed by atoms with Crippen LogP contribution < -0.4 is 5.32 Å². The maximum Gasteiger partial charge on any atom is 0.407 e. The Hall–Kier alpha value is -4.17. The second kappa shape index (κ2) is 13.6. The Morgan fingerprint density at radius 2 is 1.54 bits per heavy atom. The highest BCUT2D eigenvalue weighted by Crippen LogP contribution is 2.44. The lowest BCUT2D eigenvalue weighted by molar-refractivity contribution is -0.139. The highest BCUT2D eigenvalue weighted by Gasteiger charge is 2.31. The zero-order valence-electron chi connectivity index (χ0n) is 22.0. The monoisotopic (exact) mass is 530 g/mol. The van der Waals surface area contributed by atoms with Crippen molar-refractivity contribution in [1.82, 2.24) is 10.2 Å². The van der Waals surface area contributed by atoms with Gasteiger partial charge in [-0.1, -0.05) is 78.9 Å². The molecule has 3 aromatic rings. The van der Waals surface area contributed by atoms with Crippen LogP contribution in [0.5, 0.6) is 0 Å². The molecular formula is C31H34N2O6. The SMILES string of the molecule is COCCCC(NC(=O)OCC1c2ccccc2-c2ccccc21)C(=O)N(CCC(=O)O)Cc1ccccc1. The van der Waals surface area contributed by atoms with Crippen LogP contribution in [-0.2, 0) is 25.6 Å². The average molecular weight is 531 g/mol. The first-order valence-corrected chi connectivity index (χ1v) is 13.1. The van der Waals surface area contributed by atoms with E-state index in [2.05, 4.69) is 17.4 Å². The predicted octanol–water partition coefficient (Wildman–Crippen LogP) is 4.82. The molecule has 8 nitrogen and oxygen atoms in total. The van der Waals surface area contributed by atoms with Crippen molar-refractivity contribution in [3.8, 4) is 11.1 Å².